The molecule has 3 aromatic rings. The molecule has 0 radical (unpaired) electrons. The van der Waals surface area contributed by atoms with Gasteiger partial charge < -0.3 is 9.32 Å². The predicted octanol–water partition coefficient (Wildman–Crippen LogP) is 3.68. The van der Waals surface area contributed by atoms with Crippen LogP contribution in [0.15, 0.2) is 69.7 Å². The second kappa shape index (κ2) is 6.62. The zero-order chi connectivity index (χ0) is 16.2. The maximum atomic E-state index is 12.7. The molecule has 0 aliphatic heterocycles. The summed E-state index contributed by atoms with van der Waals surface area (Å²) in [6, 6.07) is 12.6. The van der Waals surface area contributed by atoms with Gasteiger partial charge in [-0.05, 0) is 23.6 Å². The Morgan fingerprint density at radius 3 is 2.83 bits per heavy atom. The fourth-order valence-corrected chi connectivity index (χ4v) is 3.07. The summed E-state index contributed by atoms with van der Waals surface area (Å²) < 4.78 is 5.25. The van der Waals surface area contributed by atoms with Crippen molar-refractivity contribution in [1.82, 2.24) is 4.90 Å². The van der Waals surface area contributed by atoms with E-state index in [1.54, 1.807) is 40.5 Å². The van der Waals surface area contributed by atoms with E-state index in [9.17, 15) is 9.59 Å². The van der Waals surface area contributed by atoms with Crippen LogP contribution in [0.5, 0.6) is 0 Å². The first kappa shape index (κ1) is 15.2. The maximum absolute atomic E-state index is 12.7. The molecule has 0 spiro atoms. The molecular weight excluding hydrogens is 310 g/mol. The van der Waals surface area contributed by atoms with Gasteiger partial charge in [0.05, 0.1) is 6.54 Å². The molecule has 3 rings (SSSR count). The Labute approximate surface area is 137 Å². The Morgan fingerprint density at radius 1 is 1.26 bits per heavy atom. The minimum Gasteiger partial charge on any atom is -0.422 e. The molecular formula is C18H15NO3S. The second-order valence-electron chi connectivity index (χ2n) is 5.04. The fraction of sp³-hybridized carbons (Fsp3) is 0.111. The Kier molecular flexibility index (Phi) is 4.39. The summed E-state index contributed by atoms with van der Waals surface area (Å²) in [4.78, 5) is 27.5. The lowest BCUT2D eigenvalue weighted by Crippen LogP contribution is -2.33. The monoisotopic (exact) mass is 325 g/mol. The zero-order valence-corrected chi connectivity index (χ0v) is 13.2. The van der Waals surface area contributed by atoms with E-state index >= 15 is 0 Å². The van der Waals surface area contributed by atoms with Crippen LogP contribution in [0, 0.1) is 0 Å². The molecule has 5 heteroatoms. The van der Waals surface area contributed by atoms with E-state index in [1.165, 1.54) is 0 Å². The van der Waals surface area contributed by atoms with E-state index in [1.807, 2.05) is 29.6 Å². The number of amides is 1. The Balaban J connectivity index is 1.97. The summed E-state index contributed by atoms with van der Waals surface area (Å²) in [7, 11) is 0. The molecule has 0 unspecified atom stereocenters. The standard InChI is InChI=1S/C18H15NO3S/c1-2-9-19(12-14-7-5-10-23-14)17(20)15-11-13-6-3-4-8-16(13)22-18(15)21/h2-8,10-11H,1,9,12H2. The smallest absolute Gasteiger partial charge is 0.349 e. The van der Waals surface area contributed by atoms with Crippen LogP contribution in [0.4, 0.5) is 0 Å². The first-order chi connectivity index (χ1) is 11.2. The molecule has 0 aliphatic rings. The Hall–Kier alpha value is -2.66. The summed E-state index contributed by atoms with van der Waals surface area (Å²) >= 11 is 1.57. The SMILES string of the molecule is C=CCN(Cc1cccs1)C(=O)c1cc2ccccc2oc1=O. The van der Waals surface area contributed by atoms with E-state index in [0.717, 1.165) is 10.3 Å². The van der Waals surface area contributed by atoms with Gasteiger partial charge in [-0.25, -0.2) is 4.79 Å². The van der Waals surface area contributed by atoms with E-state index in [-0.39, 0.29) is 11.5 Å². The van der Waals surface area contributed by atoms with Gasteiger partial charge in [0.2, 0.25) is 0 Å². The number of nitrogens with zero attached hydrogens (tertiary/aromatic N) is 1. The molecule has 116 valence electrons. The van der Waals surface area contributed by atoms with Gasteiger partial charge >= 0.3 is 5.63 Å². The van der Waals surface area contributed by atoms with Crippen molar-refractivity contribution in [3.63, 3.8) is 0 Å². The summed E-state index contributed by atoms with van der Waals surface area (Å²) in [5.74, 6) is -0.349. The normalized spacial score (nSPS) is 10.6. The van der Waals surface area contributed by atoms with Crippen LogP contribution in [0.2, 0.25) is 0 Å². The number of carbonyl (C=O) groups excluding carboxylic acids is 1. The first-order valence-corrected chi connectivity index (χ1v) is 8.02. The molecule has 0 saturated heterocycles. The topological polar surface area (TPSA) is 50.5 Å². The number of carbonyl (C=O) groups is 1. The number of hydrogen-bond donors (Lipinski definition) is 0. The van der Waals surface area contributed by atoms with Crippen molar-refractivity contribution in [1.29, 1.82) is 0 Å². The molecule has 1 aromatic carbocycles. The van der Waals surface area contributed by atoms with Crippen molar-refractivity contribution < 1.29 is 9.21 Å². The van der Waals surface area contributed by atoms with Gasteiger partial charge in [-0.15, -0.1) is 17.9 Å². The fourth-order valence-electron chi connectivity index (χ4n) is 2.35. The van der Waals surface area contributed by atoms with Crippen molar-refractivity contribution in [2.45, 2.75) is 6.54 Å². The van der Waals surface area contributed by atoms with E-state index < -0.39 is 5.63 Å². The lowest BCUT2D eigenvalue weighted by atomic mass is 10.1. The predicted molar refractivity (Wildman–Crippen MR) is 91.7 cm³/mol. The van der Waals surface area contributed by atoms with Gasteiger partial charge in [-0.1, -0.05) is 30.3 Å². The van der Waals surface area contributed by atoms with Gasteiger partial charge in [-0.3, -0.25) is 4.79 Å². The third-order valence-electron chi connectivity index (χ3n) is 3.44. The number of fused-ring (bicyclic) bond motifs is 1. The van der Waals surface area contributed by atoms with Crippen LogP contribution < -0.4 is 5.63 Å². The van der Waals surface area contributed by atoms with Crippen LogP contribution in [0.1, 0.15) is 15.2 Å². The van der Waals surface area contributed by atoms with Crippen LogP contribution >= 0.6 is 11.3 Å². The van der Waals surface area contributed by atoms with Crippen LogP contribution in [0.25, 0.3) is 11.0 Å². The van der Waals surface area contributed by atoms with Gasteiger partial charge in [0.25, 0.3) is 5.91 Å². The molecule has 0 bridgehead atoms. The second-order valence-corrected chi connectivity index (χ2v) is 6.07. The number of benzene rings is 1. The number of rotatable bonds is 5. The van der Waals surface area contributed by atoms with E-state index in [2.05, 4.69) is 6.58 Å². The van der Waals surface area contributed by atoms with Gasteiger partial charge in [0.15, 0.2) is 0 Å². The average Bonchev–Trinajstić information content (AvgIpc) is 3.06. The lowest BCUT2D eigenvalue weighted by molar-refractivity contribution is 0.0760. The number of hydrogen-bond acceptors (Lipinski definition) is 4. The maximum Gasteiger partial charge on any atom is 0.349 e. The van der Waals surface area contributed by atoms with Crippen LogP contribution in [0.3, 0.4) is 0 Å². The number of para-hydroxylation sites is 1. The van der Waals surface area contributed by atoms with Crippen molar-refractivity contribution in [2.75, 3.05) is 6.54 Å². The highest BCUT2D eigenvalue weighted by atomic mass is 32.1. The van der Waals surface area contributed by atoms with Gasteiger partial charge in [0.1, 0.15) is 11.1 Å². The third kappa shape index (κ3) is 3.24. The Bertz CT molecular complexity index is 896. The molecule has 0 fully saturated rings. The Morgan fingerprint density at radius 2 is 2.09 bits per heavy atom. The minimum atomic E-state index is -0.617. The average molecular weight is 325 g/mol. The summed E-state index contributed by atoms with van der Waals surface area (Å²) in [5, 5.41) is 2.68. The van der Waals surface area contributed by atoms with Crippen LogP contribution in [-0.4, -0.2) is 17.4 Å². The summed E-state index contributed by atoms with van der Waals surface area (Å²) in [5.41, 5.74) is -0.0985. The molecule has 4 nitrogen and oxygen atoms in total. The lowest BCUT2D eigenvalue weighted by Gasteiger charge is -2.20. The molecule has 2 heterocycles. The molecule has 0 N–H and O–H groups in total. The van der Waals surface area contributed by atoms with Gasteiger partial charge in [-0.2, -0.15) is 0 Å². The zero-order valence-electron chi connectivity index (χ0n) is 12.4. The molecule has 0 aliphatic carbocycles. The van der Waals surface area contributed by atoms with E-state index in [4.69, 9.17) is 4.42 Å². The van der Waals surface area contributed by atoms with Gasteiger partial charge in [0, 0.05) is 16.8 Å². The minimum absolute atomic E-state index is 0.0436. The van der Waals surface area contributed by atoms with Crippen molar-refractivity contribution in [3.8, 4) is 0 Å². The van der Waals surface area contributed by atoms with Crippen LogP contribution in [-0.2, 0) is 6.54 Å². The van der Waals surface area contributed by atoms with Crippen molar-refractivity contribution in [2.24, 2.45) is 0 Å². The molecule has 2 aromatic heterocycles. The molecule has 23 heavy (non-hydrogen) atoms. The molecule has 0 saturated carbocycles. The van der Waals surface area contributed by atoms with Crippen molar-refractivity contribution >= 4 is 28.2 Å². The quantitative estimate of drug-likeness (QED) is 0.531. The van der Waals surface area contributed by atoms with E-state index in [0.29, 0.717) is 18.7 Å². The van der Waals surface area contributed by atoms with Crippen molar-refractivity contribution in [3.05, 3.63) is 81.4 Å². The summed E-state index contributed by atoms with van der Waals surface area (Å²) in [6.45, 7) is 4.49. The summed E-state index contributed by atoms with van der Waals surface area (Å²) in [6.07, 6.45) is 1.65. The molecule has 0 atom stereocenters. The third-order valence-corrected chi connectivity index (χ3v) is 4.30. The number of thiophene rings is 1. The highest BCUT2D eigenvalue weighted by Gasteiger charge is 2.20. The highest BCUT2D eigenvalue weighted by molar-refractivity contribution is 7.09. The molecule has 1 amide bonds. The highest BCUT2D eigenvalue weighted by Crippen LogP contribution is 2.16. The first-order valence-electron chi connectivity index (χ1n) is 7.14. The largest absolute Gasteiger partial charge is 0.422 e.